The van der Waals surface area contributed by atoms with Crippen LogP contribution in [0.4, 0.5) is 0 Å². The SMILES string of the molecule is COc1ccc(OC)c2c(O)cc(C3CO3)cc12. The Labute approximate surface area is 105 Å². The number of aromatic hydroxyl groups is 1. The van der Waals surface area contributed by atoms with Crippen molar-refractivity contribution in [2.45, 2.75) is 6.10 Å². The van der Waals surface area contributed by atoms with Crippen molar-refractivity contribution in [2.75, 3.05) is 20.8 Å². The molecule has 1 N–H and O–H groups in total. The molecule has 2 aromatic carbocycles. The van der Waals surface area contributed by atoms with Gasteiger partial charge in [0.15, 0.2) is 0 Å². The van der Waals surface area contributed by atoms with E-state index in [1.807, 2.05) is 12.1 Å². The van der Waals surface area contributed by atoms with E-state index in [-0.39, 0.29) is 11.9 Å². The van der Waals surface area contributed by atoms with Crippen molar-refractivity contribution < 1.29 is 19.3 Å². The number of fused-ring (bicyclic) bond motifs is 1. The lowest BCUT2D eigenvalue weighted by molar-refractivity contribution is 0.405. The second-order valence-electron chi connectivity index (χ2n) is 4.25. The highest BCUT2D eigenvalue weighted by Gasteiger charge is 2.26. The van der Waals surface area contributed by atoms with E-state index in [1.165, 1.54) is 0 Å². The molecular weight excluding hydrogens is 232 g/mol. The predicted octanol–water partition coefficient (Wildman–Crippen LogP) is 2.63. The third-order valence-electron chi connectivity index (χ3n) is 3.18. The Hall–Kier alpha value is -1.94. The first kappa shape index (κ1) is 11.2. The predicted molar refractivity (Wildman–Crippen MR) is 67.4 cm³/mol. The zero-order valence-electron chi connectivity index (χ0n) is 10.3. The Morgan fingerprint density at radius 1 is 1.17 bits per heavy atom. The van der Waals surface area contributed by atoms with Gasteiger partial charge >= 0.3 is 0 Å². The molecule has 0 aromatic heterocycles. The maximum atomic E-state index is 10.2. The minimum atomic E-state index is 0.0937. The summed E-state index contributed by atoms with van der Waals surface area (Å²) in [7, 11) is 3.19. The molecule has 18 heavy (non-hydrogen) atoms. The highest BCUT2D eigenvalue weighted by atomic mass is 16.6. The van der Waals surface area contributed by atoms with Gasteiger partial charge in [-0.05, 0) is 29.8 Å². The summed E-state index contributed by atoms with van der Waals surface area (Å²) in [6.45, 7) is 0.706. The van der Waals surface area contributed by atoms with Crippen LogP contribution >= 0.6 is 0 Å². The van der Waals surface area contributed by atoms with E-state index >= 15 is 0 Å². The van der Waals surface area contributed by atoms with E-state index in [4.69, 9.17) is 14.2 Å². The molecule has 0 radical (unpaired) electrons. The van der Waals surface area contributed by atoms with Crippen LogP contribution in [0.5, 0.6) is 17.2 Å². The van der Waals surface area contributed by atoms with Crippen LogP contribution in [0.3, 0.4) is 0 Å². The Morgan fingerprint density at radius 3 is 2.44 bits per heavy atom. The smallest absolute Gasteiger partial charge is 0.130 e. The molecule has 1 atom stereocenters. The number of methoxy groups -OCH3 is 2. The van der Waals surface area contributed by atoms with Gasteiger partial charge in [-0.1, -0.05) is 0 Å². The van der Waals surface area contributed by atoms with Gasteiger partial charge < -0.3 is 19.3 Å². The Kier molecular flexibility index (Phi) is 2.52. The average molecular weight is 246 g/mol. The molecule has 0 aliphatic carbocycles. The zero-order valence-corrected chi connectivity index (χ0v) is 10.3. The summed E-state index contributed by atoms with van der Waals surface area (Å²) in [5, 5.41) is 11.7. The lowest BCUT2D eigenvalue weighted by Gasteiger charge is -2.12. The highest BCUT2D eigenvalue weighted by molar-refractivity contribution is 5.98. The third kappa shape index (κ3) is 1.66. The minimum absolute atomic E-state index is 0.0937. The molecule has 3 rings (SSSR count). The topological polar surface area (TPSA) is 51.2 Å². The second-order valence-corrected chi connectivity index (χ2v) is 4.25. The normalized spacial score (nSPS) is 17.8. The molecule has 0 saturated carbocycles. The molecule has 4 heteroatoms. The maximum Gasteiger partial charge on any atom is 0.130 e. The van der Waals surface area contributed by atoms with Gasteiger partial charge in [-0.15, -0.1) is 0 Å². The average Bonchev–Trinajstić information content (AvgIpc) is 3.21. The van der Waals surface area contributed by atoms with Crippen LogP contribution in [-0.2, 0) is 4.74 Å². The molecule has 1 aliphatic heterocycles. The van der Waals surface area contributed by atoms with E-state index in [0.717, 1.165) is 10.9 Å². The summed E-state index contributed by atoms with van der Waals surface area (Å²) in [5.41, 5.74) is 0.964. The van der Waals surface area contributed by atoms with Crippen molar-refractivity contribution in [1.82, 2.24) is 0 Å². The van der Waals surface area contributed by atoms with Gasteiger partial charge in [-0.2, -0.15) is 0 Å². The molecule has 1 saturated heterocycles. The first-order chi connectivity index (χ1) is 8.74. The molecule has 1 unspecified atom stereocenters. The zero-order chi connectivity index (χ0) is 12.7. The number of epoxide rings is 1. The van der Waals surface area contributed by atoms with E-state index in [2.05, 4.69) is 0 Å². The number of benzene rings is 2. The van der Waals surface area contributed by atoms with E-state index in [1.54, 1.807) is 26.4 Å². The summed E-state index contributed by atoms with van der Waals surface area (Å²) >= 11 is 0. The van der Waals surface area contributed by atoms with Crippen molar-refractivity contribution in [3.05, 3.63) is 29.8 Å². The van der Waals surface area contributed by atoms with Gasteiger partial charge in [-0.3, -0.25) is 0 Å². The Bertz CT molecular complexity index is 602. The molecule has 1 aliphatic rings. The number of hydrogen-bond acceptors (Lipinski definition) is 4. The van der Waals surface area contributed by atoms with Crippen LogP contribution in [0, 0.1) is 0 Å². The molecule has 4 nitrogen and oxygen atoms in total. The lowest BCUT2D eigenvalue weighted by atomic mass is 10.0. The molecule has 0 bridgehead atoms. The van der Waals surface area contributed by atoms with E-state index in [0.29, 0.717) is 23.5 Å². The lowest BCUT2D eigenvalue weighted by Crippen LogP contribution is -1.91. The number of rotatable bonds is 3. The maximum absolute atomic E-state index is 10.2. The van der Waals surface area contributed by atoms with E-state index in [9.17, 15) is 5.11 Å². The molecule has 2 aromatic rings. The second kappa shape index (κ2) is 4.07. The largest absolute Gasteiger partial charge is 0.507 e. The van der Waals surface area contributed by atoms with Crippen LogP contribution in [0.2, 0.25) is 0 Å². The highest BCUT2D eigenvalue weighted by Crippen LogP contribution is 2.42. The number of phenolic OH excluding ortho intramolecular Hbond substituents is 1. The third-order valence-corrected chi connectivity index (χ3v) is 3.18. The Morgan fingerprint density at radius 2 is 1.83 bits per heavy atom. The summed E-state index contributed by atoms with van der Waals surface area (Å²) in [5.74, 6) is 1.53. The van der Waals surface area contributed by atoms with Gasteiger partial charge in [0.25, 0.3) is 0 Å². The molecule has 94 valence electrons. The molecule has 1 heterocycles. The van der Waals surface area contributed by atoms with Crippen molar-refractivity contribution in [2.24, 2.45) is 0 Å². The summed E-state index contributed by atoms with van der Waals surface area (Å²) < 4.78 is 15.9. The summed E-state index contributed by atoms with van der Waals surface area (Å²) in [6, 6.07) is 7.32. The van der Waals surface area contributed by atoms with Crippen LogP contribution < -0.4 is 9.47 Å². The van der Waals surface area contributed by atoms with Crippen LogP contribution in [0.15, 0.2) is 24.3 Å². The summed E-state index contributed by atoms with van der Waals surface area (Å²) in [4.78, 5) is 0. The fourth-order valence-corrected chi connectivity index (χ4v) is 2.20. The number of ether oxygens (including phenoxy) is 3. The molecule has 0 amide bonds. The van der Waals surface area contributed by atoms with Crippen LogP contribution in [0.25, 0.3) is 10.8 Å². The van der Waals surface area contributed by atoms with Crippen molar-refractivity contribution in [3.8, 4) is 17.2 Å². The number of hydrogen-bond donors (Lipinski definition) is 1. The quantitative estimate of drug-likeness (QED) is 0.846. The fraction of sp³-hybridized carbons (Fsp3) is 0.286. The molecule has 0 spiro atoms. The van der Waals surface area contributed by atoms with Crippen molar-refractivity contribution in [3.63, 3.8) is 0 Å². The van der Waals surface area contributed by atoms with Gasteiger partial charge in [0.1, 0.15) is 23.4 Å². The first-order valence-corrected chi connectivity index (χ1v) is 5.74. The monoisotopic (exact) mass is 246 g/mol. The first-order valence-electron chi connectivity index (χ1n) is 5.74. The molecular formula is C14H14O4. The standard InChI is InChI=1S/C14H14O4/c1-16-11-3-4-12(17-2)14-9(11)5-8(6-10(14)15)13-7-18-13/h3-6,13,15H,7H2,1-2H3. The van der Waals surface area contributed by atoms with Gasteiger partial charge in [0.2, 0.25) is 0 Å². The van der Waals surface area contributed by atoms with Gasteiger partial charge in [0.05, 0.1) is 26.2 Å². The van der Waals surface area contributed by atoms with Crippen molar-refractivity contribution >= 4 is 10.8 Å². The fourth-order valence-electron chi connectivity index (χ4n) is 2.20. The minimum Gasteiger partial charge on any atom is -0.507 e. The van der Waals surface area contributed by atoms with Crippen LogP contribution in [0.1, 0.15) is 11.7 Å². The van der Waals surface area contributed by atoms with Crippen LogP contribution in [-0.4, -0.2) is 25.9 Å². The number of phenols is 1. The van der Waals surface area contributed by atoms with Crippen molar-refractivity contribution in [1.29, 1.82) is 0 Å². The summed E-state index contributed by atoms with van der Waals surface area (Å²) in [6.07, 6.45) is 0.0937. The Balaban J connectivity index is 2.32. The van der Waals surface area contributed by atoms with E-state index < -0.39 is 0 Å². The van der Waals surface area contributed by atoms with Gasteiger partial charge in [0, 0.05) is 5.39 Å². The molecule has 1 fully saturated rings. The van der Waals surface area contributed by atoms with Gasteiger partial charge in [-0.25, -0.2) is 0 Å².